The summed E-state index contributed by atoms with van der Waals surface area (Å²) in [5, 5.41) is 0.993. The Labute approximate surface area is 117 Å². The Morgan fingerprint density at radius 3 is 2.47 bits per heavy atom. The fourth-order valence-electron chi connectivity index (χ4n) is 1.91. The molecule has 0 unspecified atom stereocenters. The molecule has 0 fully saturated rings. The maximum Gasteiger partial charge on any atom is 0.171 e. The zero-order valence-corrected chi connectivity index (χ0v) is 12.2. The molecule has 0 spiro atoms. The molecule has 3 nitrogen and oxygen atoms in total. The van der Waals surface area contributed by atoms with Crippen LogP contribution >= 0.6 is 11.3 Å². The topological polar surface area (TPSA) is 39.2 Å². The predicted molar refractivity (Wildman–Crippen MR) is 77.3 cm³/mol. The molecular formula is C15H17NO2S. The molecule has 0 aliphatic carbocycles. The molecule has 19 heavy (non-hydrogen) atoms. The Kier molecular flexibility index (Phi) is 4.32. The van der Waals surface area contributed by atoms with Gasteiger partial charge in [-0.2, -0.15) is 0 Å². The molecule has 4 heteroatoms. The van der Waals surface area contributed by atoms with Crippen molar-refractivity contribution < 1.29 is 9.53 Å². The summed E-state index contributed by atoms with van der Waals surface area (Å²) in [6.07, 6.45) is 1.56. The SMILES string of the molecule is CCc1nc(Cc2ccc(OC)cc2)sc1C(C)=O. The molecular weight excluding hydrogens is 258 g/mol. The highest BCUT2D eigenvalue weighted by atomic mass is 32.1. The summed E-state index contributed by atoms with van der Waals surface area (Å²) >= 11 is 1.51. The van der Waals surface area contributed by atoms with Crippen molar-refractivity contribution in [2.24, 2.45) is 0 Å². The van der Waals surface area contributed by atoms with E-state index in [1.807, 2.05) is 31.2 Å². The fourth-order valence-corrected chi connectivity index (χ4v) is 2.99. The third-order valence-electron chi connectivity index (χ3n) is 2.91. The zero-order chi connectivity index (χ0) is 13.8. The number of methoxy groups -OCH3 is 1. The average molecular weight is 275 g/mol. The van der Waals surface area contributed by atoms with Crippen LogP contribution in [-0.4, -0.2) is 17.9 Å². The van der Waals surface area contributed by atoms with Crippen LogP contribution in [0.1, 0.15) is 39.8 Å². The molecule has 0 atom stereocenters. The molecule has 2 rings (SSSR count). The molecule has 0 saturated carbocycles. The molecule has 0 saturated heterocycles. The van der Waals surface area contributed by atoms with E-state index in [1.165, 1.54) is 16.9 Å². The van der Waals surface area contributed by atoms with Gasteiger partial charge in [0.25, 0.3) is 0 Å². The van der Waals surface area contributed by atoms with Crippen molar-refractivity contribution in [1.82, 2.24) is 4.98 Å². The second kappa shape index (κ2) is 5.97. The number of ketones is 1. The summed E-state index contributed by atoms with van der Waals surface area (Å²) in [7, 11) is 1.66. The van der Waals surface area contributed by atoms with Gasteiger partial charge in [0, 0.05) is 13.3 Å². The van der Waals surface area contributed by atoms with Gasteiger partial charge in [-0.05, 0) is 24.1 Å². The molecule has 0 radical (unpaired) electrons. The molecule has 0 aliphatic heterocycles. The smallest absolute Gasteiger partial charge is 0.171 e. The van der Waals surface area contributed by atoms with Crippen LogP contribution in [0.2, 0.25) is 0 Å². The standard InChI is InChI=1S/C15H17NO2S/c1-4-13-15(10(2)17)19-14(16-13)9-11-5-7-12(18-3)8-6-11/h5-8H,4,9H2,1-3H3. The Morgan fingerprint density at radius 2 is 2.00 bits per heavy atom. The van der Waals surface area contributed by atoms with Crippen LogP contribution in [0, 0.1) is 0 Å². The number of benzene rings is 1. The number of hydrogen-bond donors (Lipinski definition) is 0. The number of thiazole rings is 1. The number of carbonyl (C=O) groups is 1. The molecule has 0 N–H and O–H groups in total. The fraction of sp³-hybridized carbons (Fsp3) is 0.333. The van der Waals surface area contributed by atoms with Gasteiger partial charge in [0.1, 0.15) is 5.75 Å². The van der Waals surface area contributed by atoms with Crippen molar-refractivity contribution in [2.45, 2.75) is 26.7 Å². The molecule has 0 aliphatic rings. The van der Waals surface area contributed by atoms with Crippen molar-refractivity contribution in [3.05, 3.63) is 45.4 Å². The van der Waals surface area contributed by atoms with Gasteiger partial charge >= 0.3 is 0 Å². The average Bonchev–Trinajstić information content (AvgIpc) is 2.83. The lowest BCUT2D eigenvalue weighted by molar-refractivity contribution is 0.102. The first-order chi connectivity index (χ1) is 9.13. The van der Waals surface area contributed by atoms with Gasteiger partial charge < -0.3 is 4.74 Å². The van der Waals surface area contributed by atoms with E-state index in [4.69, 9.17) is 4.74 Å². The van der Waals surface area contributed by atoms with Crippen LogP contribution in [0.3, 0.4) is 0 Å². The van der Waals surface area contributed by atoms with Crippen molar-refractivity contribution >= 4 is 17.1 Å². The quantitative estimate of drug-likeness (QED) is 0.784. The summed E-state index contributed by atoms with van der Waals surface area (Å²) in [5.41, 5.74) is 2.09. The first kappa shape index (κ1) is 13.7. The lowest BCUT2D eigenvalue weighted by atomic mass is 10.1. The van der Waals surface area contributed by atoms with Crippen LogP contribution in [0.25, 0.3) is 0 Å². The number of nitrogens with zero attached hydrogens (tertiary/aromatic N) is 1. The van der Waals surface area contributed by atoms with Crippen molar-refractivity contribution in [3.63, 3.8) is 0 Å². The summed E-state index contributed by atoms with van der Waals surface area (Å²) in [6.45, 7) is 3.63. The molecule has 2 aromatic rings. The minimum Gasteiger partial charge on any atom is -0.497 e. The van der Waals surface area contributed by atoms with Crippen LogP contribution in [0.15, 0.2) is 24.3 Å². The number of rotatable bonds is 5. The van der Waals surface area contributed by atoms with E-state index in [0.717, 1.165) is 34.2 Å². The number of Topliss-reactive ketones (excluding diaryl/α,β-unsaturated/α-hetero) is 1. The van der Waals surface area contributed by atoms with E-state index in [1.54, 1.807) is 14.0 Å². The van der Waals surface area contributed by atoms with E-state index in [-0.39, 0.29) is 5.78 Å². The predicted octanol–water partition coefficient (Wildman–Crippen LogP) is 3.51. The molecule has 0 amide bonds. The first-order valence-corrected chi connectivity index (χ1v) is 7.08. The van der Waals surface area contributed by atoms with E-state index in [2.05, 4.69) is 4.98 Å². The normalized spacial score (nSPS) is 10.5. The van der Waals surface area contributed by atoms with Crippen LogP contribution in [0.5, 0.6) is 5.75 Å². The van der Waals surface area contributed by atoms with Gasteiger partial charge in [-0.3, -0.25) is 4.79 Å². The minimum absolute atomic E-state index is 0.107. The van der Waals surface area contributed by atoms with E-state index in [0.29, 0.717) is 0 Å². The summed E-state index contributed by atoms with van der Waals surface area (Å²) in [5.74, 6) is 0.955. The third-order valence-corrected chi connectivity index (χ3v) is 4.11. The maximum absolute atomic E-state index is 11.5. The van der Waals surface area contributed by atoms with Crippen LogP contribution in [-0.2, 0) is 12.8 Å². The zero-order valence-electron chi connectivity index (χ0n) is 11.4. The molecule has 100 valence electrons. The highest BCUT2D eigenvalue weighted by Gasteiger charge is 2.13. The number of aromatic nitrogens is 1. The van der Waals surface area contributed by atoms with Gasteiger partial charge in [-0.25, -0.2) is 4.98 Å². The third kappa shape index (κ3) is 3.20. The van der Waals surface area contributed by atoms with Crippen LogP contribution in [0.4, 0.5) is 0 Å². The highest BCUT2D eigenvalue weighted by molar-refractivity contribution is 7.13. The van der Waals surface area contributed by atoms with E-state index >= 15 is 0 Å². The number of ether oxygens (including phenoxy) is 1. The van der Waals surface area contributed by atoms with E-state index < -0.39 is 0 Å². The Morgan fingerprint density at radius 1 is 1.32 bits per heavy atom. The first-order valence-electron chi connectivity index (χ1n) is 6.26. The van der Waals surface area contributed by atoms with Crippen molar-refractivity contribution in [3.8, 4) is 5.75 Å². The van der Waals surface area contributed by atoms with Crippen molar-refractivity contribution in [1.29, 1.82) is 0 Å². The second-order valence-electron chi connectivity index (χ2n) is 4.32. The minimum atomic E-state index is 0.107. The van der Waals surface area contributed by atoms with Gasteiger partial charge in [0.2, 0.25) is 0 Å². The van der Waals surface area contributed by atoms with Gasteiger partial charge in [0.05, 0.1) is 22.7 Å². The Bertz CT molecular complexity index is 572. The lowest BCUT2D eigenvalue weighted by Gasteiger charge is -2.01. The Hall–Kier alpha value is -1.68. The van der Waals surface area contributed by atoms with Gasteiger partial charge in [0.15, 0.2) is 5.78 Å². The van der Waals surface area contributed by atoms with Crippen molar-refractivity contribution in [2.75, 3.05) is 7.11 Å². The largest absolute Gasteiger partial charge is 0.497 e. The second-order valence-corrected chi connectivity index (χ2v) is 5.40. The lowest BCUT2D eigenvalue weighted by Crippen LogP contribution is -1.93. The summed E-state index contributed by atoms with van der Waals surface area (Å²) in [4.78, 5) is 16.9. The van der Waals surface area contributed by atoms with Crippen LogP contribution < -0.4 is 4.74 Å². The Balaban J connectivity index is 2.20. The molecule has 1 aromatic carbocycles. The molecule has 1 heterocycles. The van der Waals surface area contributed by atoms with Gasteiger partial charge in [-0.15, -0.1) is 11.3 Å². The summed E-state index contributed by atoms with van der Waals surface area (Å²) in [6, 6.07) is 7.93. The number of aryl methyl sites for hydroxylation is 1. The van der Waals surface area contributed by atoms with Gasteiger partial charge in [-0.1, -0.05) is 19.1 Å². The maximum atomic E-state index is 11.5. The molecule has 1 aromatic heterocycles. The monoisotopic (exact) mass is 275 g/mol. The highest BCUT2D eigenvalue weighted by Crippen LogP contribution is 2.23. The summed E-state index contributed by atoms with van der Waals surface area (Å²) < 4.78 is 5.13. The number of carbonyl (C=O) groups excluding carboxylic acids is 1. The molecule has 0 bridgehead atoms. The number of hydrogen-bond acceptors (Lipinski definition) is 4. The van der Waals surface area contributed by atoms with E-state index in [9.17, 15) is 4.79 Å².